The molecule has 1 aromatic heterocycles. The molecule has 2 aromatic rings. The first-order valence-corrected chi connectivity index (χ1v) is 4.99. The Kier molecular flexibility index (Phi) is 2.53. The van der Waals surface area contributed by atoms with Crippen molar-refractivity contribution < 1.29 is 17.6 Å². The van der Waals surface area contributed by atoms with Crippen LogP contribution in [0.1, 0.15) is 5.56 Å². The van der Waals surface area contributed by atoms with Gasteiger partial charge in [-0.2, -0.15) is 4.39 Å². The molecule has 0 saturated heterocycles. The molecule has 0 aliphatic heterocycles. The van der Waals surface area contributed by atoms with Gasteiger partial charge in [-0.15, -0.1) is 0 Å². The van der Waals surface area contributed by atoms with Crippen LogP contribution in [0.3, 0.4) is 0 Å². The van der Waals surface area contributed by atoms with Gasteiger partial charge in [-0.3, -0.25) is 4.79 Å². The summed E-state index contributed by atoms with van der Waals surface area (Å²) in [5.41, 5.74) is -1.65. The van der Waals surface area contributed by atoms with Crippen molar-refractivity contribution >= 4 is 26.9 Å². The topological polar surface area (TPSA) is 30.2 Å². The third-order valence-electron chi connectivity index (χ3n) is 2.19. The number of halogens is 4. The van der Waals surface area contributed by atoms with Crippen LogP contribution in [0.25, 0.3) is 11.0 Å². The van der Waals surface area contributed by atoms with Crippen molar-refractivity contribution in [1.29, 1.82) is 0 Å². The minimum atomic E-state index is -1.14. The van der Waals surface area contributed by atoms with Crippen LogP contribution in [0.2, 0.25) is 0 Å². The van der Waals surface area contributed by atoms with E-state index in [0.717, 1.165) is 13.0 Å². The fraction of sp³-hybridized carbons (Fsp3) is 0.100. The molecule has 0 spiro atoms. The van der Waals surface area contributed by atoms with Crippen molar-refractivity contribution in [3.8, 4) is 0 Å². The van der Waals surface area contributed by atoms with E-state index >= 15 is 0 Å². The Labute approximate surface area is 95.8 Å². The van der Waals surface area contributed by atoms with E-state index in [1.807, 2.05) is 0 Å². The molecule has 2 rings (SSSR count). The molecule has 0 saturated carbocycles. The highest BCUT2D eigenvalue weighted by Gasteiger charge is 2.19. The van der Waals surface area contributed by atoms with Gasteiger partial charge in [0.15, 0.2) is 5.82 Å². The van der Waals surface area contributed by atoms with Gasteiger partial charge in [-0.05, 0) is 22.9 Å². The molecule has 0 aliphatic rings. The van der Waals surface area contributed by atoms with Crippen molar-refractivity contribution in [2.45, 2.75) is 6.92 Å². The second kappa shape index (κ2) is 3.62. The summed E-state index contributed by atoms with van der Waals surface area (Å²) in [6, 6.07) is -0.384. The van der Waals surface area contributed by atoms with Crippen LogP contribution in [-0.4, -0.2) is 0 Å². The molecule has 6 heteroatoms. The van der Waals surface area contributed by atoms with Gasteiger partial charge < -0.3 is 4.42 Å². The molecule has 16 heavy (non-hydrogen) atoms. The lowest BCUT2D eigenvalue weighted by Gasteiger charge is -2.03. The Morgan fingerprint density at radius 2 is 1.94 bits per heavy atom. The molecule has 0 fully saturated rings. The fourth-order valence-corrected chi connectivity index (χ4v) is 1.63. The molecule has 2 nitrogen and oxygen atoms in total. The molecule has 0 radical (unpaired) electrons. The molecule has 0 N–H and O–H groups in total. The van der Waals surface area contributed by atoms with Gasteiger partial charge in [0.1, 0.15) is 16.8 Å². The maximum Gasteiger partial charge on any atom is 0.285 e. The summed E-state index contributed by atoms with van der Waals surface area (Å²) in [5.74, 6) is -2.05. The summed E-state index contributed by atoms with van der Waals surface area (Å²) in [6.45, 7) is 1.16. The average molecular weight is 293 g/mol. The summed E-state index contributed by atoms with van der Waals surface area (Å²) >= 11 is 2.65. The fourth-order valence-electron chi connectivity index (χ4n) is 1.32. The minimum absolute atomic E-state index is 0.343. The molecule has 84 valence electrons. The summed E-state index contributed by atoms with van der Waals surface area (Å²) in [5, 5.41) is -0.466. The first kappa shape index (κ1) is 11.2. The minimum Gasteiger partial charge on any atom is -0.430 e. The first-order chi connectivity index (χ1) is 7.43. The molecule has 0 bridgehead atoms. The van der Waals surface area contributed by atoms with Crippen molar-refractivity contribution in [3.63, 3.8) is 0 Å². The summed E-state index contributed by atoms with van der Waals surface area (Å²) in [7, 11) is 0. The van der Waals surface area contributed by atoms with Crippen LogP contribution >= 0.6 is 15.9 Å². The van der Waals surface area contributed by atoms with E-state index in [1.165, 1.54) is 0 Å². The zero-order chi connectivity index (χ0) is 12.0. The summed E-state index contributed by atoms with van der Waals surface area (Å²) < 4.78 is 43.8. The summed E-state index contributed by atoms with van der Waals surface area (Å²) in [4.78, 5) is 11.6. The monoisotopic (exact) mass is 292 g/mol. The zero-order valence-electron chi connectivity index (χ0n) is 7.91. The normalized spacial score (nSPS) is 11.1. The standard InChI is InChI=1S/C10H4BrF3O2/c1-3-9(15)6-5(16-10(3)14)2-4(12)7(11)8(6)13/h2H,1H3. The Balaban J connectivity index is 3.10. The Bertz CT molecular complexity index is 644. The number of rotatable bonds is 0. The van der Waals surface area contributed by atoms with E-state index in [2.05, 4.69) is 20.3 Å². The third-order valence-corrected chi connectivity index (χ3v) is 2.92. The quantitative estimate of drug-likeness (QED) is 0.698. The van der Waals surface area contributed by atoms with Crippen LogP contribution in [0.5, 0.6) is 0 Å². The van der Waals surface area contributed by atoms with Gasteiger partial charge in [-0.25, -0.2) is 8.78 Å². The highest BCUT2D eigenvalue weighted by Crippen LogP contribution is 2.27. The van der Waals surface area contributed by atoms with E-state index in [1.54, 1.807) is 0 Å². The van der Waals surface area contributed by atoms with Gasteiger partial charge in [0.05, 0.1) is 10.0 Å². The number of hydrogen-bond donors (Lipinski definition) is 0. The maximum atomic E-state index is 13.6. The molecular weight excluding hydrogens is 289 g/mol. The van der Waals surface area contributed by atoms with Crippen LogP contribution < -0.4 is 5.43 Å². The van der Waals surface area contributed by atoms with Gasteiger partial charge in [0.2, 0.25) is 5.43 Å². The lowest BCUT2D eigenvalue weighted by Crippen LogP contribution is -2.10. The lowest BCUT2D eigenvalue weighted by molar-refractivity contribution is 0.362. The van der Waals surface area contributed by atoms with Crippen molar-refractivity contribution in [2.24, 2.45) is 0 Å². The predicted molar refractivity (Wildman–Crippen MR) is 54.8 cm³/mol. The second-order valence-electron chi connectivity index (χ2n) is 3.19. The Hall–Kier alpha value is -1.30. The third kappa shape index (κ3) is 1.44. The van der Waals surface area contributed by atoms with Crippen LogP contribution in [0.4, 0.5) is 13.2 Å². The molecule has 0 aliphatic carbocycles. The van der Waals surface area contributed by atoms with E-state index < -0.39 is 38.5 Å². The van der Waals surface area contributed by atoms with E-state index in [4.69, 9.17) is 0 Å². The maximum absolute atomic E-state index is 13.6. The van der Waals surface area contributed by atoms with Crippen LogP contribution in [0, 0.1) is 24.6 Å². The van der Waals surface area contributed by atoms with Crippen molar-refractivity contribution in [1.82, 2.24) is 0 Å². The first-order valence-electron chi connectivity index (χ1n) is 4.20. The molecular formula is C10H4BrF3O2. The number of benzene rings is 1. The highest BCUT2D eigenvalue weighted by molar-refractivity contribution is 9.10. The Morgan fingerprint density at radius 1 is 1.31 bits per heavy atom. The SMILES string of the molecule is Cc1c(F)oc2cc(F)c(Br)c(F)c2c1=O. The molecule has 0 amide bonds. The van der Waals surface area contributed by atoms with Crippen molar-refractivity contribution in [2.75, 3.05) is 0 Å². The smallest absolute Gasteiger partial charge is 0.285 e. The van der Waals surface area contributed by atoms with Crippen LogP contribution in [0.15, 0.2) is 19.8 Å². The van der Waals surface area contributed by atoms with Gasteiger partial charge in [0, 0.05) is 6.07 Å². The van der Waals surface area contributed by atoms with Crippen LogP contribution in [-0.2, 0) is 0 Å². The van der Waals surface area contributed by atoms with Gasteiger partial charge in [0.25, 0.3) is 6.01 Å². The van der Waals surface area contributed by atoms with E-state index in [-0.39, 0.29) is 5.56 Å². The molecule has 1 heterocycles. The molecule has 1 aromatic carbocycles. The molecule has 0 unspecified atom stereocenters. The van der Waals surface area contributed by atoms with Gasteiger partial charge >= 0.3 is 0 Å². The van der Waals surface area contributed by atoms with E-state index in [0.29, 0.717) is 0 Å². The zero-order valence-corrected chi connectivity index (χ0v) is 9.49. The largest absolute Gasteiger partial charge is 0.430 e. The number of hydrogen-bond acceptors (Lipinski definition) is 2. The highest BCUT2D eigenvalue weighted by atomic mass is 79.9. The van der Waals surface area contributed by atoms with Crippen molar-refractivity contribution in [3.05, 3.63) is 44.0 Å². The summed E-state index contributed by atoms with van der Waals surface area (Å²) in [6.07, 6.45) is 0. The van der Waals surface area contributed by atoms with E-state index in [9.17, 15) is 18.0 Å². The second-order valence-corrected chi connectivity index (χ2v) is 3.98. The lowest BCUT2D eigenvalue weighted by atomic mass is 10.1. The van der Waals surface area contributed by atoms with Gasteiger partial charge in [-0.1, -0.05) is 0 Å². The average Bonchev–Trinajstić information content (AvgIpc) is 2.23. The Morgan fingerprint density at radius 3 is 2.56 bits per heavy atom. The predicted octanol–water partition coefficient (Wildman–Crippen LogP) is 3.28. The number of fused-ring (bicyclic) bond motifs is 1. The molecule has 0 atom stereocenters.